The standard InChI is InChI=1S/C19H20ClNO3/c1-11-8-12(2)17(13(3)9-11)21-18(22)14(4)24-19(23)15-6-5-7-16(20)10-15/h5-10,14H,1-4H3,(H,21,22)/t14-/m0/s1. The number of amides is 1. The Kier molecular flexibility index (Phi) is 5.62. The second kappa shape index (κ2) is 7.49. The van der Waals surface area contributed by atoms with Crippen LogP contribution < -0.4 is 5.32 Å². The van der Waals surface area contributed by atoms with Crippen LogP contribution in [0.5, 0.6) is 0 Å². The molecule has 24 heavy (non-hydrogen) atoms. The van der Waals surface area contributed by atoms with Crippen molar-refractivity contribution in [1.29, 1.82) is 0 Å². The van der Waals surface area contributed by atoms with E-state index < -0.39 is 12.1 Å². The Hall–Kier alpha value is -2.33. The summed E-state index contributed by atoms with van der Waals surface area (Å²) >= 11 is 5.86. The fourth-order valence-corrected chi connectivity index (χ4v) is 2.69. The summed E-state index contributed by atoms with van der Waals surface area (Å²) in [6.07, 6.45) is -0.920. The third-order valence-corrected chi connectivity index (χ3v) is 3.87. The van der Waals surface area contributed by atoms with E-state index in [2.05, 4.69) is 5.32 Å². The molecule has 0 spiro atoms. The van der Waals surface area contributed by atoms with Crippen LogP contribution in [0.3, 0.4) is 0 Å². The maximum atomic E-state index is 12.3. The second-order valence-electron chi connectivity index (χ2n) is 5.82. The van der Waals surface area contributed by atoms with Gasteiger partial charge in [0.1, 0.15) is 0 Å². The van der Waals surface area contributed by atoms with Crippen LogP contribution in [0, 0.1) is 20.8 Å². The maximum Gasteiger partial charge on any atom is 0.338 e. The summed E-state index contributed by atoms with van der Waals surface area (Å²) in [5.74, 6) is -0.960. The van der Waals surface area contributed by atoms with Crippen molar-refractivity contribution in [2.45, 2.75) is 33.8 Å². The third kappa shape index (κ3) is 4.36. The average molecular weight is 346 g/mol. The number of benzene rings is 2. The molecule has 0 bridgehead atoms. The van der Waals surface area contributed by atoms with E-state index in [0.29, 0.717) is 10.6 Å². The van der Waals surface area contributed by atoms with Crippen molar-refractivity contribution in [3.05, 3.63) is 63.7 Å². The quantitative estimate of drug-likeness (QED) is 0.833. The van der Waals surface area contributed by atoms with E-state index in [1.165, 1.54) is 13.0 Å². The molecule has 1 atom stereocenters. The van der Waals surface area contributed by atoms with Gasteiger partial charge in [-0.1, -0.05) is 35.4 Å². The largest absolute Gasteiger partial charge is 0.449 e. The van der Waals surface area contributed by atoms with Crippen LogP contribution in [-0.4, -0.2) is 18.0 Å². The van der Waals surface area contributed by atoms with Crippen LogP contribution >= 0.6 is 11.6 Å². The first kappa shape index (κ1) is 18.0. The van der Waals surface area contributed by atoms with Crippen LogP contribution in [0.1, 0.15) is 34.0 Å². The molecular weight excluding hydrogens is 326 g/mol. The van der Waals surface area contributed by atoms with Crippen molar-refractivity contribution < 1.29 is 14.3 Å². The highest BCUT2D eigenvalue weighted by atomic mass is 35.5. The Morgan fingerprint density at radius 3 is 2.29 bits per heavy atom. The van der Waals surface area contributed by atoms with Crippen LogP contribution in [0.2, 0.25) is 5.02 Å². The first-order valence-electron chi connectivity index (χ1n) is 7.63. The zero-order valence-electron chi connectivity index (χ0n) is 14.1. The summed E-state index contributed by atoms with van der Waals surface area (Å²) in [5, 5.41) is 3.27. The van der Waals surface area contributed by atoms with E-state index >= 15 is 0 Å². The third-order valence-electron chi connectivity index (χ3n) is 3.64. The molecule has 2 aromatic rings. The second-order valence-corrected chi connectivity index (χ2v) is 6.26. The molecule has 0 unspecified atom stereocenters. The van der Waals surface area contributed by atoms with Crippen LogP contribution in [0.25, 0.3) is 0 Å². The summed E-state index contributed by atoms with van der Waals surface area (Å²) in [6.45, 7) is 7.40. The van der Waals surface area contributed by atoms with Crippen LogP contribution in [0.15, 0.2) is 36.4 Å². The normalized spacial score (nSPS) is 11.7. The first-order chi connectivity index (χ1) is 11.3. The highest BCUT2D eigenvalue weighted by Crippen LogP contribution is 2.22. The van der Waals surface area contributed by atoms with Gasteiger partial charge in [0.05, 0.1) is 5.56 Å². The van der Waals surface area contributed by atoms with Gasteiger partial charge in [0.25, 0.3) is 5.91 Å². The van der Waals surface area contributed by atoms with Crippen molar-refractivity contribution in [2.75, 3.05) is 5.32 Å². The van der Waals surface area contributed by atoms with E-state index in [1.807, 2.05) is 32.9 Å². The molecule has 0 radical (unpaired) electrons. The highest BCUT2D eigenvalue weighted by Gasteiger charge is 2.20. The van der Waals surface area contributed by atoms with E-state index in [9.17, 15) is 9.59 Å². The number of esters is 1. The molecule has 5 heteroatoms. The van der Waals surface area contributed by atoms with Gasteiger partial charge in [-0.25, -0.2) is 4.79 Å². The molecule has 0 saturated heterocycles. The minimum Gasteiger partial charge on any atom is -0.449 e. The van der Waals surface area contributed by atoms with E-state index in [0.717, 1.165) is 22.4 Å². The summed E-state index contributed by atoms with van der Waals surface area (Å²) in [6, 6.07) is 10.4. The average Bonchev–Trinajstić information content (AvgIpc) is 2.50. The number of hydrogen-bond donors (Lipinski definition) is 1. The van der Waals surface area contributed by atoms with Gasteiger partial charge in [-0.15, -0.1) is 0 Å². The lowest BCUT2D eigenvalue weighted by Gasteiger charge is -2.17. The molecule has 1 N–H and O–H groups in total. The molecule has 0 heterocycles. The molecule has 2 aromatic carbocycles. The minimum atomic E-state index is -0.920. The SMILES string of the molecule is Cc1cc(C)c(NC(=O)[C@H](C)OC(=O)c2cccc(Cl)c2)c(C)c1. The Morgan fingerprint density at radius 2 is 1.71 bits per heavy atom. The molecular formula is C19H20ClNO3. The van der Waals surface area contributed by atoms with Crippen molar-refractivity contribution in [1.82, 2.24) is 0 Å². The Morgan fingerprint density at radius 1 is 1.08 bits per heavy atom. The number of anilines is 1. The van der Waals surface area contributed by atoms with Crippen LogP contribution in [-0.2, 0) is 9.53 Å². The number of rotatable bonds is 4. The van der Waals surface area contributed by atoms with Crippen molar-refractivity contribution in [3.8, 4) is 0 Å². The van der Waals surface area contributed by atoms with Gasteiger partial charge in [-0.05, 0) is 57.0 Å². The van der Waals surface area contributed by atoms with Crippen molar-refractivity contribution >= 4 is 29.2 Å². The number of aryl methyl sites for hydroxylation is 3. The number of ether oxygens (including phenoxy) is 1. The number of nitrogens with one attached hydrogen (secondary N) is 1. The molecule has 0 saturated carbocycles. The van der Waals surface area contributed by atoms with Gasteiger partial charge in [-0.3, -0.25) is 4.79 Å². The van der Waals surface area contributed by atoms with Gasteiger partial charge >= 0.3 is 5.97 Å². The minimum absolute atomic E-state index is 0.310. The predicted octanol–water partition coefficient (Wildman–Crippen LogP) is 4.45. The number of hydrogen-bond acceptors (Lipinski definition) is 3. The van der Waals surface area contributed by atoms with Gasteiger partial charge in [-0.2, -0.15) is 0 Å². The van der Waals surface area contributed by atoms with Crippen LogP contribution in [0.4, 0.5) is 5.69 Å². The lowest BCUT2D eigenvalue weighted by Crippen LogP contribution is -2.30. The summed E-state index contributed by atoms with van der Waals surface area (Å²) in [5.41, 5.74) is 4.12. The Balaban J connectivity index is 2.06. The molecule has 1 amide bonds. The fraction of sp³-hybridized carbons (Fsp3) is 0.263. The number of carbonyl (C=O) groups excluding carboxylic acids is 2. The summed E-state index contributed by atoms with van der Waals surface area (Å²) < 4.78 is 5.22. The molecule has 126 valence electrons. The Labute approximate surface area is 146 Å². The van der Waals surface area contributed by atoms with E-state index in [4.69, 9.17) is 16.3 Å². The van der Waals surface area contributed by atoms with Gasteiger partial charge in [0.2, 0.25) is 0 Å². The zero-order chi connectivity index (χ0) is 17.9. The molecule has 0 aromatic heterocycles. The summed E-state index contributed by atoms with van der Waals surface area (Å²) in [4.78, 5) is 24.4. The van der Waals surface area contributed by atoms with Crippen molar-refractivity contribution in [2.24, 2.45) is 0 Å². The molecule has 0 aliphatic carbocycles. The first-order valence-corrected chi connectivity index (χ1v) is 8.01. The lowest BCUT2D eigenvalue weighted by molar-refractivity contribution is -0.123. The molecule has 4 nitrogen and oxygen atoms in total. The topological polar surface area (TPSA) is 55.4 Å². The zero-order valence-corrected chi connectivity index (χ0v) is 14.9. The van der Waals surface area contributed by atoms with Gasteiger partial charge in [0, 0.05) is 10.7 Å². The predicted molar refractivity (Wildman–Crippen MR) is 95.6 cm³/mol. The molecule has 0 aliphatic heterocycles. The number of carbonyl (C=O) groups is 2. The van der Waals surface area contributed by atoms with Gasteiger partial charge < -0.3 is 10.1 Å². The Bertz CT molecular complexity index is 763. The van der Waals surface area contributed by atoms with E-state index in [-0.39, 0.29) is 5.91 Å². The van der Waals surface area contributed by atoms with E-state index in [1.54, 1.807) is 18.2 Å². The summed E-state index contributed by atoms with van der Waals surface area (Å²) in [7, 11) is 0. The molecule has 0 aliphatic rings. The number of halogens is 1. The van der Waals surface area contributed by atoms with Gasteiger partial charge in [0.15, 0.2) is 6.10 Å². The maximum absolute atomic E-state index is 12.3. The van der Waals surface area contributed by atoms with Crippen molar-refractivity contribution in [3.63, 3.8) is 0 Å². The monoisotopic (exact) mass is 345 g/mol. The molecule has 2 rings (SSSR count). The smallest absolute Gasteiger partial charge is 0.338 e. The fourth-order valence-electron chi connectivity index (χ4n) is 2.50. The molecule has 0 fully saturated rings. The lowest BCUT2D eigenvalue weighted by atomic mass is 10.0. The highest BCUT2D eigenvalue weighted by molar-refractivity contribution is 6.30.